The molecule has 0 aliphatic rings. The summed E-state index contributed by atoms with van der Waals surface area (Å²) in [4.78, 5) is 24.2. The normalized spacial score (nSPS) is 10.1. The molecule has 1 aromatic rings. The monoisotopic (exact) mass is 311 g/mol. The first-order valence-electron chi connectivity index (χ1n) is 6.79. The quantitative estimate of drug-likeness (QED) is 0.736. The van der Waals surface area contributed by atoms with Crippen LogP contribution in [0.25, 0.3) is 0 Å². The summed E-state index contributed by atoms with van der Waals surface area (Å²) in [7, 11) is 3.04. The molecule has 1 amide bonds. The van der Waals surface area contributed by atoms with Gasteiger partial charge in [-0.05, 0) is 24.6 Å². The van der Waals surface area contributed by atoms with E-state index < -0.39 is 12.5 Å². The Balaban J connectivity index is 2.92. The zero-order valence-electron chi connectivity index (χ0n) is 13.0. The average molecular weight is 311 g/mol. The molecule has 0 unspecified atom stereocenters. The molecule has 0 radical (unpaired) electrons. The third-order valence-electron chi connectivity index (χ3n) is 2.89. The fourth-order valence-corrected chi connectivity index (χ4v) is 1.85. The van der Waals surface area contributed by atoms with Gasteiger partial charge in [0.15, 0.2) is 0 Å². The van der Waals surface area contributed by atoms with E-state index in [0.29, 0.717) is 23.7 Å². The van der Waals surface area contributed by atoms with Crippen LogP contribution < -0.4 is 9.47 Å². The van der Waals surface area contributed by atoms with Crippen LogP contribution in [0.15, 0.2) is 18.2 Å². The number of carbonyl (C=O) groups is 2. The van der Waals surface area contributed by atoms with Crippen molar-refractivity contribution in [2.45, 2.75) is 13.5 Å². The Hall–Kier alpha value is -2.28. The molecule has 122 valence electrons. The predicted octanol–water partition coefficient (Wildman–Crippen LogP) is 1.15. The number of benzene rings is 1. The molecule has 0 atom stereocenters. The Kier molecular flexibility index (Phi) is 7.18. The summed E-state index contributed by atoms with van der Waals surface area (Å²) in [5, 5.41) is 8.95. The van der Waals surface area contributed by atoms with E-state index in [9.17, 15) is 9.59 Å². The van der Waals surface area contributed by atoms with E-state index in [0.717, 1.165) is 0 Å². The van der Waals surface area contributed by atoms with Gasteiger partial charge in [0, 0.05) is 19.2 Å². The molecular formula is C15H21NO6. The second kappa shape index (κ2) is 8.89. The lowest BCUT2D eigenvalue weighted by molar-refractivity contribution is -0.146. The van der Waals surface area contributed by atoms with Crippen molar-refractivity contribution < 1.29 is 28.9 Å². The Labute approximate surface area is 129 Å². The summed E-state index contributed by atoms with van der Waals surface area (Å²) in [6.07, 6.45) is 0. The van der Waals surface area contributed by atoms with E-state index >= 15 is 0 Å². The molecular weight excluding hydrogens is 290 g/mol. The van der Waals surface area contributed by atoms with Gasteiger partial charge in [-0.2, -0.15) is 0 Å². The molecule has 0 bridgehead atoms. The van der Waals surface area contributed by atoms with Crippen molar-refractivity contribution in [3.63, 3.8) is 0 Å². The van der Waals surface area contributed by atoms with Crippen LogP contribution in [0.2, 0.25) is 0 Å². The van der Waals surface area contributed by atoms with Crippen molar-refractivity contribution in [3.8, 4) is 11.5 Å². The van der Waals surface area contributed by atoms with Crippen LogP contribution in [0.1, 0.15) is 12.5 Å². The van der Waals surface area contributed by atoms with Crippen LogP contribution in [0.5, 0.6) is 11.5 Å². The molecule has 22 heavy (non-hydrogen) atoms. The molecule has 1 aromatic carbocycles. The molecule has 0 saturated heterocycles. The minimum absolute atomic E-state index is 0.131. The van der Waals surface area contributed by atoms with Crippen molar-refractivity contribution in [2.24, 2.45) is 0 Å². The van der Waals surface area contributed by atoms with Gasteiger partial charge in [-0.25, -0.2) is 0 Å². The number of carboxylic acid groups (broad SMARTS) is 1. The van der Waals surface area contributed by atoms with E-state index in [1.165, 1.54) is 19.1 Å². The summed E-state index contributed by atoms with van der Waals surface area (Å²) in [6.45, 7) is 1.74. The van der Waals surface area contributed by atoms with Crippen LogP contribution in [-0.4, -0.2) is 55.9 Å². The lowest BCUT2D eigenvalue weighted by atomic mass is 10.2. The number of ether oxygens (including phenoxy) is 3. The molecule has 0 saturated carbocycles. The second-order valence-electron chi connectivity index (χ2n) is 4.50. The van der Waals surface area contributed by atoms with Gasteiger partial charge in [0.2, 0.25) is 5.91 Å². The van der Waals surface area contributed by atoms with Gasteiger partial charge >= 0.3 is 5.97 Å². The van der Waals surface area contributed by atoms with E-state index in [2.05, 4.69) is 0 Å². The van der Waals surface area contributed by atoms with Gasteiger partial charge in [0.1, 0.15) is 24.7 Å². The lowest BCUT2D eigenvalue weighted by Gasteiger charge is -2.21. The number of methoxy groups -OCH3 is 2. The van der Waals surface area contributed by atoms with Crippen LogP contribution in [0.3, 0.4) is 0 Å². The van der Waals surface area contributed by atoms with Gasteiger partial charge < -0.3 is 24.2 Å². The minimum Gasteiger partial charge on any atom is -0.497 e. The highest BCUT2D eigenvalue weighted by Gasteiger charge is 2.18. The number of hydrogen-bond donors (Lipinski definition) is 1. The number of nitrogens with zero attached hydrogens (tertiary/aromatic N) is 1. The van der Waals surface area contributed by atoms with Gasteiger partial charge in [0.05, 0.1) is 14.2 Å². The van der Waals surface area contributed by atoms with Crippen LogP contribution in [0.4, 0.5) is 0 Å². The predicted molar refractivity (Wildman–Crippen MR) is 79.1 cm³/mol. The highest BCUT2D eigenvalue weighted by molar-refractivity contribution is 5.82. The van der Waals surface area contributed by atoms with E-state index in [1.54, 1.807) is 25.1 Å². The first-order chi connectivity index (χ1) is 10.5. The highest BCUT2D eigenvalue weighted by atomic mass is 16.5. The van der Waals surface area contributed by atoms with Crippen molar-refractivity contribution in [2.75, 3.05) is 34.0 Å². The van der Waals surface area contributed by atoms with Gasteiger partial charge in [-0.3, -0.25) is 9.59 Å². The number of carbonyl (C=O) groups excluding carboxylic acids is 1. The molecule has 7 nitrogen and oxygen atoms in total. The Bertz CT molecular complexity index is 495. The van der Waals surface area contributed by atoms with Gasteiger partial charge in [-0.15, -0.1) is 0 Å². The van der Waals surface area contributed by atoms with Crippen LogP contribution in [0, 0.1) is 0 Å². The van der Waals surface area contributed by atoms with E-state index in [4.69, 9.17) is 19.3 Å². The minimum atomic E-state index is -1.08. The first-order valence-corrected chi connectivity index (χ1v) is 6.79. The molecule has 0 aliphatic carbocycles. The Morgan fingerprint density at radius 3 is 2.18 bits per heavy atom. The number of aliphatic carboxylic acids is 1. The maximum absolute atomic E-state index is 12.0. The number of carboxylic acids is 1. The zero-order valence-corrected chi connectivity index (χ0v) is 13.0. The van der Waals surface area contributed by atoms with Crippen molar-refractivity contribution in [1.29, 1.82) is 0 Å². The number of amides is 1. The summed E-state index contributed by atoms with van der Waals surface area (Å²) in [5.41, 5.74) is 0.710. The SMILES string of the molecule is CCOCC(=O)N(CC(=O)O)Cc1cc(OC)cc(OC)c1. The summed E-state index contributed by atoms with van der Waals surface area (Å²) < 4.78 is 15.4. The van der Waals surface area contributed by atoms with Crippen molar-refractivity contribution in [3.05, 3.63) is 23.8 Å². The standard InChI is InChI=1S/C15H21NO6/c1-4-22-10-14(17)16(9-15(18)19)8-11-5-12(20-2)7-13(6-11)21-3/h5-7H,4,8-10H2,1-3H3,(H,18,19). The molecule has 0 fully saturated rings. The van der Waals surface area contributed by atoms with E-state index in [1.807, 2.05) is 0 Å². The molecule has 0 spiro atoms. The van der Waals surface area contributed by atoms with Gasteiger partial charge in [0.25, 0.3) is 0 Å². The average Bonchev–Trinajstić information content (AvgIpc) is 2.50. The first kappa shape index (κ1) is 17.8. The summed E-state index contributed by atoms with van der Waals surface area (Å²) in [5.74, 6) is -0.325. The summed E-state index contributed by atoms with van der Waals surface area (Å²) >= 11 is 0. The Morgan fingerprint density at radius 1 is 1.14 bits per heavy atom. The van der Waals surface area contributed by atoms with Crippen molar-refractivity contribution in [1.82, 2.24) is 4.90 Å². The highest BCUT2D eigenvalue weighted by Crippen LogP contribution is 2.23. The zero-order chi connectivity index (χ0) is 16.5. The fraction of sp³-hybridized carbons (Fsp3) is 0.467. The van der Waals surface area contributed by atoms with Crippen LogP contribution >= 0.6 is 0 Å². The Morgan fingerprint density at radius 2 is 1.73 bits per heavy atom. The molecule has 0 aliphatic heterocycles. The smallest absolute Gasteiger partial charge is 0.323 e. The maximum Gasteiger partial charge on any atom is 0.323 e. The molecule has 7 heteroatoms. The third kappa shape index (κ3) is 5.61. The molecule has 1 rings (SSSR count). The van der Waals surface area contributed by atoms with E-state index in [-0.39, 0.29) is 19.1 Å². The largest absolute Gasteiger partial charge is 0.497 e. The number of rotatable bonds is 9. The van der Waals surface area contributed by atoms with Gasteiger partial charge in [-0.1, -0.05) is 0 Å². The second-order valence-corrected chi connectivity index (χ2v) is 4.50. The third-order valence-corrected chi connectivity index (χ3v) is 2.89. The molecule has 1 N–H and O–H groups in total. The maximum atomic E-state index is 12.0. The molecule has 0 aromatic heterocycles. The van der Waals surface area contributed by atoms with Crippen LogP contribution in [-0.2, 0) is 20.9 Å². The summed E-state index contributed by atoms with van der Waals surface area (Å²) in [6, 6.07) is 5.16. The topological polar surface area (TPSA) is 85.3 Å². The van der Waals surface area contributed by atoms with Crippen molar-refractivity contribution >= 4 is 11.9 Å². The fourth-order valence-electron chi connectivity index (χ4n) is 1.85. The lowest BCUT2D eigenvalue weighted by Crippen LogP contribution is -2.37. The molecule has 0 heterocycles. The number of hydrogen-bond acceptors (Lipinski definition) is 5.